The van der Waals surface area contributed by atoms with Crippen molar-refractivity contribution in [1.29, 1.82) is 0 Å². The van der Waals surface area contributed by atoms with E-state index in [0.717, 1.165) is 49.6 Å². The summed E-state index contributed by atoms with van der Waals surface area (Å²) in [6.45, 7) is 6.72. The topological polar surface area (TPSA) is 47.4 Å². The number of carbonyl (C=O) groups excluding carboxylic acids is 1. The van der Waals surface area contributed by atoms with Crippen molar-refractivity contribution in [3.63, 3.8) is 0 Å². The number of hydrogen-bond donors (Lipinski definition) is 0. The summed E-state index contributed by atoms with van der Waals surface area (Å²) in [7, 11) is 0. The lowest BCUT2D eigenvalue weighted by Gasteiger charge is -2.31. The van der Waals surface area contributed by atoms with Crippen LogP contribution in [0.2, 0.25) is 0 Å². The zero-order chi connectivity index (χ0) is 16.9. The van der Waals surface area contributed by atoms with Gasteiger partial charge in [0.2, 0.25) is 0 Å². The molecule has 2 aromatic rings. The quantitative estimate of drug-likeness (QED) is 0.848. The van der Waals surface area contributed by atoms with E-state index in [1.165, 1.54) is 0 Å². The van der Waals surface area contributed by atoms with E-state index in [-0.39, 0.29) is 12.5 Å². The summed E-state index contributed by atoms with van der Waals surface area (Å²) in [5, 5.41) is 0. The van der Waals surface area contributed by atoms with Crippen molar-refractivity contribution in [1.82, 2.24) is 14.5 Å². The Morgan fingerprint density at radius 3 is 2.75 bits per heavy atom. The Kier molecular flexibility index (Phi) is 5.18. The summed E-state index contributed by atoms with van der Waals surface area (Å²) in [4.78, 5) is 18.8. The van der Waals surface area contributed by atoms with Gasteiger partial charge < -0.3 is 14.2 Å². The van der Waals surface area contributed by atoms with E-state index in [2.05, 4.69) is 16.5 Å². The average molecular weight is 327 g/mol. The molecule has 0 radical (unpaired) electrons. The number of imidazole rings is 1. The lowest BCUT2D eigenvalue weighted by atomic mass is 9.96. The highest BCUT2D eigenvalue weighted by Crippen LogP contribution is 2.27. The fraction of sp³-hybridized carbons (Fsp3) is 0.474. The van der Waals surface area contributed by atoms with Crippen molar-refractivity contribution >= 4 is 5.91 Å². The van der Waals surface area contributed by atoms with Crippen LogP contribution >= 0.6 is 0 Å². The van der Waals surface area contributed by atoms with E-state index in [1.807, 2.05) is 48.5 Å². The number of hydrogen-bond acceptors (Lipinski definition) is 3. The number of likely N-dealkylation sites (tertiary alicyclic amines) is 1. The third-order valence-corrected chi connectivity index (χ3v) is 4.75. The van der Waals surface area contributed by atoms with Crippen LogP contribution in [0.4, 0.5) is 0 Å². The molecule has 128 valence electrons. The first-order chi connectivity index (χ1) is 11.7. The van der Waals surface area contributed by atoms with Crippen molar-refractivity contribution in [2.45, 2.75) is 39.2 Å². The van der Waals surface area contributed by atoms with Crippen molar-refractivity contribution in [3.05, 3.63) is 48.0 Å². The Morgan fingerprint density at radius 2 is 2.04 bits per heavy atom. The molecule has 2 heterocycles. The van der Waals surface area contributed by atoms with Gasteiger partial charge in [0.15, 0.2) is 6.61 Å². The Bertz CT molecular complexity index is 687. The van der Waals surface area contributed by atoms with Crippen LogP contribution in [-0.4, -0.2) is 40.1 Å². The normalized spacial score (nSPS) is 15.5. The Hall–Kier alpha value is -2.30. The minimum absolute atomic E-state index is 0.0653. The predicted molar refractivity (Wildman–Crippen MR) is 93.1 cm³/mol. The number of aryl methyl sites for hydroxylation is 2. The Balaban J connectivity index is 1.51. The highest BCUT2D eigenvalue weighted by molar-refractivity contribution is 5.77. The number of rotatable bonds is 5. The maximum absolute atomic E-state index is 12.4. The van der Waals surface area contributed by atoms with Crippen molar-refractivity contribution in [2.75, 3.05) is 19.7 Å². The molecule has 5 heteroatoms. The van der Waals surface area contributed by atoms with Gasteiger partial charge in [-0.2, -0.15) is 0 Å². The maximum Gasteiger partial charge on any atom is 0.260 e. The highest BCUT2D eigenvalue weighted by Gasteiger charge is 2.26. The van der Waals surface area contributed by atoms with Crippen LogP contribution in [-0.2, 0) is 11.3 Å². The SMILES string of the molecule is CCn1ccnc1C1CCN(C(=O)COc2ccccc2C)CC1. The van der Waals surface area contributed by atoms with Crippen LogP contribution in [0.1, 0.15) is 37.1 Å². The lowest BCUT2D eigenvalue weighted by Crippen LogP contribution is -2.40. The van der Waals surface area contributed by atoms with Gasteiger partial charge in [0, 0.05) is 37.9 Å². The second kappa shape index (κ2) is 7.51. The van der Waals surface area contributed by atoms with Gasteiger partial charge in [-0.05, 0) is 38.3 Å². The molecular weight excluding hydrogens is 302 g/mol. The molecule has 0 aliphatic carbocycles. The van der Waals surface area contributed by atoms with Gasteiger partial charge in [-0.15, -0.1) is 0 Å². The van der Waals surface area contributed by atoms with E-state index < -0.39 is 0 Å². The number of aromatic nitrogens is 2. The van der Waals surface area contributed by atoms with Gasteiger partial charge >= 0.3 is 0 Å². The number of benzene rings is 1. The van der Waals surface area contributed by atoms with E-state index in [0.29, 0.717) is 5.92 Å². The van der Waals surface area contributed by atoms with Crippen LogP contribution in [0.3, 0.4) is 0 Å². The average Bonchev–Trinajstić information content (AvgIpc) is 3.09. The van der Waals surface area contributed by atoms with Crippen LogP contribution in [0.5, 0.6) is 5.75 Å². The van der Waals surface area contributed by atoms with E-state index in [4.69, 9.17) is 4.74 Å². The molecule has 0 saturated carbocycles. The Labute approximate surface area is 143 Å². The molecule has 0 bridgehead atoms. The monoisotopic (exact) mass is 327 g/mol. The minimum atomic E-state index is 0.0653. The molecule has 3 rings (SSSR count). The molecular formula is C19H25N3O2. The summed E-state index contributed by atoms with van der Waals surface area (Å²) in [6.07, 6.45) is 5.83. The summed E-state index contributed by atoms with van der Waals surface area (Å²) < 4.78 is 7.88. The fourth-order valence-corrected chi connectivity index (χ4v) is 3.28. The maximum atomic E-state index is 12.4. The summed E-state index contributed by atoms with van der Waals surface area (Å²) in [5.74, 6) is 2.45. The number of ether oxygens (including phenoxy) is 1. The number of carbonyl (C=O) groups is 1. The minimum Gasteiger partial charge on any atom is -0.484 e. The van der Waals surface area contributed by atoms with Crippen molar-refractivity contribution in [3.8, 4) is 5.75 Å². The fourth-order valence-electron chi connectivity index (χ4n) is 3.28. The standard InChI is InChI=1S/C19H25N3O2/c1-3-21-13-10-20-19(21)16-8-11-22(12-9-16)18(23)14-24-17-7-5-4-6-15(17)2/h4-7,10,13,16H,3,8-9,11-12,14H2,1-2H3. The molecule has 5 nitrogen and oxygen atoms in total. The van der Waals surface area contributed by atoms with Gasteiger partial charge in [0.25, 0.3) is 5.91 Å². The molecule has 1 amide bonds. The van der Waals surface area contributed by atoms with E-state index in [9.17, 15) is 4.79 Å². The summed E-state index contributed by atoms with van der Waals surface area (Å²) >= 11 is 0. The molecule has 1 fully saturated rings. The largest absolute Gasteiger partial charge is 0.484 e. The lowest BCUT2D eigenvalue weighted by molar-refractivity contribution is -0.134. The van der Waals surface area contributed by atoms with E-state index >= 15 is 0 Å². The molecule has 0 atom stereocenters. The van der Waals surface area contributed by atoms with E-state index in [1.54, 1.807) is 0 Å². The van der Waals surface area contributed by atoms with Gasteiger partial charge in [-0.1, -0.05) is 18.2 Å². The van der Waals surface area contributed by atoms with Crippen LogP contribution in [0, 0.1) is 6.92 Å². The van der Waals surface area contributed by atoms with Crippen LogP contribution < -0.4 is 4.74 Å². The first-order valence-corrected chi connectivity index (χ1v) is 8.66. The second-order valence-corrected chi connectivity index (χ2v) is 6.28. The van der Waals surface area contributed by atoms with Gasteiger partial charge in [0.05, 0.1) is 0 Å². The molecule has 1 saturated heterocycles. The zero-order valence-electron chi connectivity index (χ0n) is 14.4. The van der Waals surface area contributed by atoms with Crippen LogP contribution in [0.25, 0.3) is 0 Å². The first-order valence-electron chi connectivity index (χ1n) is 8.66. The predicted octanol–water partition coefficient (Wildman–Crippen LogP) is 3.00. The smallest absolute Gasteiger partial charge is 0.260 e. The summed E-state index contributed by atoms with van der Waals surface area (Å²) in [6, 6.07) is 7.78. The highest BCUT2D eigenvalue weighted by atomic mass is 16.5. The molecule has 1 aliphatic rings. The Morgan fingerprint density at radius 1 is 1.29 bits per heavy atom. The third kappa shape index (κ3) is 3.61. The van der Waals surface area contributed by atoms with Crippen molar-refractivity contribution < 1.29 is 9.53 Å². The molecule has 24 heavy (non-hydrogen) atoms. The number of nitrogens with zero attached hydrogens (tertiary/aromatic N) is 3. The summed E-state index contributed by atoms with van der Waals surface area (Å²) in [5.41, 5.74) is 1.05. The number of piperidine rings is 1. The number of para-hydroxylation sites is 1. The molecule has 1 aromatic carbocycles. The van der Waals surface area contributed by atoms with Gasteiger partial charge in [-0.3, -0.25) is 4.79 Å². The number of amides is 1. The third-order valence-electron chi connectivity index (χ3n) is 4.75. The molecule has 1 aromatic heterocycles. The zero-order valence-corrected chi connectivity index (χ0v) is 14.4. The molecule has 0 spiro atoms. The first kappa shape index (κ1) is 16.6. The van der Waals surface area contributed by atoms with Gasteiger partial charge in [0.1, 0.15) is 11.6 Å². The second-order valence-electron chi connectivity index (χ2n) is 6.28. The molecule has 0 N–H and O–H groups in total. The molecule has 1 aliphatic heterocycles. The van der Waals surface area contributed by atoms with Gasteiger partial charge in [-0.25, -0.2) is 4.98 Å². The van der Waals surface area contributed by atoms with Crippen LogP contribution in [0.15, 0.2) is 36.7 Å². The molecule has 0 unspecified atom stereocenters. The van der Waals surface area contributed by atoms with Crippen molar-refractivity contribution in [2.24, 2.45) is 0 Å².